The molecule has 5 nitrogen and oxygen atoms in total. The Labute approximate surface area is 123 Å². The van der Waals surface area contributed by atoms with Crippen molar-refractivity contribution in [3.8, 4) is 0 Å². The zero-order valence-electron chi connectivity index (χ0n) is 13.5. The molecule has 0 aliphatic rings. The standard InChI is InChI=1S/C15H29N5/c1-6-9-13-14(16-5)17-11-18-15(13)19-12(4)10-20(7-2)8-3/h11-12H,6-10H2,1-5H3,(H2,16,17,18,19). The van der Waals surface area contributed by atoms with Gasteiger partial charge in [-0.25, -0.2) is 9.97 Å². The average molecular weight is 279 g/mol. The smallest absolute Gasteiger partial charge is 0.134 e. The highest BCUT2D eigenvalue weighted by molar-refractivity contribution is 5.57. The van der Waals surface area contributed by atoms with E-state index in [-0.39, 0.29) is 0 Å². The molecule has 0 saturated heterocycles. The van der Waals surface area contributed by atoms with E-state index in [2.05, 4.69) is 53.2 Å². The Morgan fingerprint density at radius 3 is 2.35 bits per heavy atom. The van der Waals surface area contributed by atoms with Crippen molar-refractivity contribution >= 4 is 11.6 Å². The van der Waals surface area contributed by atoms with Crippen LogP contribution in [0.3, 0.4) is 0 Å². The molecular formula is C15H29N5. The van der Waals surface area contributed by atoms with E-state index in [9.17, 15) is 0 Å². The Morgan fingerprint density at radius 1 is 1.15 bits per heavy atom. The molecule has 1 unspecified atom stereocenters. The summed E-state index contributed by atoms with van der Waals surface area (Å²) in [6, 6.07) is 0.366. The van der Waals surface area contributed by atoms with Gasteiger partial charge in [-0.1, -0.05) is 27.2 Å². The lowest BCUT2D eigenvalue weighted by molar-refractivity contribution is 0.294. The Bertz CT molecular complexity index is 390. The molecule has 114 valence electrons. The number of nitrogens with one attached hydrogen (secondary N) is 2. The molecule has 20 heavy (non-hydrogen) atoms. The van der Waals surface area contributed by atoms with Gasteiger partial charge in [0.25, 0.3) is 0 Å². The van der Waals surface area contributed by atoms with Gasteiger partial charge in [-0.3, -0.25) is 0 Å². The van der Waals surface area contributed by atoms with Gasteiger partial charge >= 0.3 is 0 Å². The Morgan fingerprint density at radius 2 is 1.80 bits per heavy atom. The highest BCUT2D eigenvalue weighted by Crippen LogP contribution is 2.21. The first kappa shape index (κ1) is 16.7. The van der Waals surface area contributed by atoms with E-state index in [0.29, 0.717) is 6.04 Å². The van der Waals surface area contributed by atoms with E-state index < -0.39 is 0 Å². The molecule has 0 aromatic carbocycles. The van der Waals surface area contributed by atoms with Crippen LogP contribution in [0.25, 0.3) is 0 Å². The molecule has 0 fully saturated rings. The summed E-state index contributed by atoms with van der Waals surface area (Å²) in [4.78, 5) is 11.1. The van der Waals surface area contributed by atoms with Gasteiger partial charge in [-0.2, -0.15) is 0 Å². The Hall–Kier alpha value is -1.36. The van der Waals surface area contributed by atoms with Crippen molar-refractivity contribution in [3.63, 3.8) is 0 Å². The van der Waals surface area contributed by atoms with Crippen LogP contribution in [0.2, 0.25) is 0 Å². The van der Waals surface area contributed by atoms with Crippen LogP contribution in [0, 0.1) is 0 Å². The Kier molecular flexibility index (Phi) is 7.30. The molecule has 0 aliphatic carbocycles. The van der Waals surface area contributed by atoms with Crippen molar-refractivity contribution in [3.05, 3.63) is 11.9 Å². The molecular weight excluding hydrogens is 250 g/mol. The lowest BCUT2D eigenvalue weighted by atomic mass is 10.1. The first-order valence-electron chi connectivity index (χ1n) is 7.66. The molecule has 1 aromatic rings. The second-order valence-electron chi connectivity index (χ2n) is 5.08. The van der Waals surface area contributed by atoms with Crippen LogP contribution in [0.5, 0.6) is 0 Å². The predicted octanol–water partition coefficient (Wildman–Crippen LogP) is 2.61. The third-order valence-electron chi connectivity index (χ3n) is 3.49. The minimum atomic E-state index is 0.366. The summed E-state index contributed by atoms with van der Waals surface area (Å²) in [7, 11) is 1.91. The number of rotatable bonds is 9. The molecule has 0 amide bonds. The molecule has 0 bridgehead atoms. The highest BCUT2D eigenvalue weighted by Gasteiger charge is 2.13. The van der Waals surface area contributed by atoms with Crippen molar-refractivity contribution in [1.82, 2.24) is 14.9 Å². The van der Waals surface area contributed by atoms with Crippen LogP contribution < -0.4 is 10.6 Å². The summed E-state index contributed by atoms with van der Waals surface area (Å²) in [6.07, 6.45) is 3.69. The molecule has 2 N–H and O–H groups in total. The Balaban J connectivity index is 2.80. The van der Waals surface area contributed by atoms with Crippen molar-refractivity contribution in [1.29, 1.82) is 0 Å². The van der Waals surface area contributed by atoms with E-state index in [1.54, 1.807) is 6.33 Å². The van der Waals surface area contributed by atoms with Crippen LogP contribution in [0.4, 0.5) is 11.6 Å². The molecule has 1 heterocycles. The van der Waals surface area contributed by atoms with Gasteiger partial charge in [-0.15, -0.1) is 0 Å². The van der Waals surface area contributed by atoms with Crippen molar-refractivity contribution < 1.29 is 0 Å². The number of aromatic nitrogens is 2. The maximum Gasteiger partial charge on any atom is 0.134 e. The summed E-state index contributed by atoms with van der Waals surface area (Å²) >= 11 is 0. The molecule has 0 saturated carbocycles. The lowest BCUT2D eigenvalue weighted by Crippen LogP contribution is -2.35. The minimum absolute atomic E-state index is 0.366. The van der Waals surface area contributed by atoms with Crippen LogP contribution in [0.15, 0.2) is 6.33 Å². The fourth-order valence-corrected chi connectivity index (χ4v) is 2.39. The van der Waals surface area contributed by atoms with Gasteiger partial charge in [-0.05, 0) is 26.4 Å². The number of hydrogen-bond acceptors (Lipinski definition) is 5. The van der Waals surface area contributed by atoms with Gasteiger partial charge in [0, 0.05) is 25.2 Å². The normalized spacial score (nSPS) is 12.5. The average Bonchev–Trinajstić information content (AvgIpc) is 2.46. The van der Waals surface area contributed by atoms with E-state index in [1.165, 1.54) is 5.56 Å². The first-order valence-corrected chi connectivity index (χ1v) is 7.66. The molecule has 1 aromatic heterocycles. The summed E-state index contributed by atoms with van der Waals surface area (Å²) in [6.45, 7) is 12.0. The fourth-order valence-electron chi connectivity index (χ4n) is 2.39. The first-order chi connectivity index (χ1) is 9.65. The van der Waals surface area contributed by atoms with E-state index in [4.69, 9.17) is 0 Å². The van der Waals surface area contributed by atoms with Crippen LogP contribution in [-0.4, -0.2) is 47.6 Å². The quantitative estimate of drug-likeness (QED) is 0.728. The third-order valence-corrected chi connectivity index (χ3v) is 3.49. The number of likely N-dealkylation sites (N-methyl/N-ethyl adjacent to an activating group) is 1. The highest BCUT2D eigenvalue weighted by atomic mass is 15.2. The second kappa shape index (κ2) is 8.74. The van der Waals surface area contributed by atoms with Crippen molar-refractivity contribution in [2.75, 3.05) is 37.3 Å². The van der Waals surface area contributed by atoms with E-state index in [1.807, 2.05) is 7.05 Å². The molecule has 1 rings (SSSR count). The predicted molar refractivity (Wildman–Crippen MR) is 86.4 cm³/mol. The molecule has 1 atom stereocenters. The van der Waals surface area contributed by atoms with Crippen LogP contribution >= 0.6 is 0 Å². The molecule has 0 spiro atoms. The fraction of sp³-hybridized carbons (Fsp3) is 0.733. The number of hydrogen-bond donors (Lipinski definition) is 2. The van der Waals surface area contributed by atoms with Gasteiger partial charge in [0.1, 0.15) is 18.0 Å². The SMILES string of the molecule is CCCc1c(NC)ncnc1NC(C)CN(CC)CC. The van der Waals surface area contributed by atoms with Crippen molar-refractivity contribution in [2.45, 2.75) is 46.6 Å². The maximum atomic E-state index is 4.42. The zero-order chi connectivity index (χ0) is 15.0. The maximum absolute atomic E-state index is 4.42. The largest absolute Gasteiger partial charge is 0.373 e. The summed E-state index contributed by atoms with van der Waals surface area (Å²) in [5.74, 6) is 1.89. The van der Waals surface area contributed by atoms with E-state index in [0.717, 1.165) is 44.1 Å². The molecule has 0 aliphatic heterocycles. The topological polar surface area (TPSA) is 53.1 Å². The summed E-state index contributed by atoms with van der Waals surface area (Å²) in [5.41, 5.74) is 1.18. The molecule has 0 radical (unpaired) electrons. The zero-order valence-corrected chi connectivity index (χ0v) is 13.5. The third kappa shape index (κ3) is 4.63. The molecule has 5 heteroatoms. The van der Waals surface area contributed by atoms with Gasteiger partial charge in [0.05, 0.1) is 0 Å². The van der Waals surface area contributed by atoms with Crippen LogP contribution in [-0.2, 0) is 6.42 Å². The monoisotopic (exact) mass is 279 g/mol. The number of nitrogens with zero attached hydrogens (tertiary/aromatic N) is 3. The van der Waals surface area contributed by atoms with Gasteiger partial charge in [0.2, 0.25) is 0 Å². The second-order valence-corrected chi connectivity index (χ2v) is 5.08. The lowest BCUT2D eigenvalue weighted by Gasteiger charge is -2.24. The minimum Gasteiger partial charge on any atom is -0.373 e. The van der Waals surface area contributed by atoms with Crippen molar-refractivity contribution in [2.24, 2.45) is 0 Å². The van der Waals surface area contributed by atoms with Crippen LogP contribution in [0.1, 0.15) is 39.7 Å². The van der Waals surface area contributed by atoms with Gasteiger partial charge < -0.3 is 15.5 Å². The summed E-state index contributed by atoms with van der Waals surface area (Å²) in [5, 5.41) is 6.69. The van der Waals surface area contributed by atoms with Gasteiger partial charge in [0.15, 0.2) is 0 Å². The number of anilines is 2. The summed E-state index contributed by atoms with van der Waals surface area (Å²) < 4.78 is 0. The van der Waals surface area contributed by atoms with E-state index >= 15 is 0 Å².